The lowest BCUT2D eigenvalue weighted by atomic mass is 9.99. The Morgan fingerprint density at radius 1 is 1.14 bits per heavy atom. The van der Waals surface area contributed by atoms with Crippen LogP contribution < -0.4 is 4.90 Å². The van der Waals surface area contributed by atoms with E-state index in [4.69, 9.17) is 0 Å². The van der Waals surface area contributed by atoms with Crippen LogP contribution in [0.3, 0.4) is 0 Å². The number of hydrogen-bond acceptors (Lipinski definition) is 1. The third kappa shape index (κ3) is 3.06. The van der Waals surface area contributed by atoms with Gasteiger partial charge in [0.1, 0.15) is 0 Å². The molecule has 0 aliphatic rings. The predicted octanol–water partition coefficient (Wildman–Crippen LogP) is 3.34. The molecule has 0 N–H and O–H groups in total. The van der Waals surface area contributed by atoms with Gasteiger partial charge in [0.15, 0.2) is 0 Å². The van der Waals surface area contributed by atoms with Crippen molar-refractivity contribution in [2.45, 2.75) is 26.7 Å². The number of benzene rings is 1. The van der Waals surface area contributed by atoms with Gasteiger partial charge < -0.3 is 4.90 Å². The van der Waals surface area contributed by atoms with E-state index in [1.165, 1.54) is 24.1 Å². The highest BCUT2D eigenvalue weighted by Crippen LogP contribution is 2.16. The van der Waals surface area contributed by atoms with Crippen LogP contribution in [0.2, 0.25) is 0 Å². The maximum atomic E-state index is 2.31. The lowest BCUT2D eigenvalue weighted by Gasteiger charge is -2.13. The van der Waals surface area contributed by atoms with Gasteiger partial charge in [0.2, 0.25) is 0 Å². The average molecular weight is 191 g/mol. The fraction of sp³-hybridized carbons (Fsp3) is 0.538. The summed E-state index contributed by atoms with van der Waals surface area (Å²) in [7, 11) is 4.15. The molecular formula is C13H21N. The minimum atomic E-state index is 0.792. The van der Waals surface area contributed by atoms with Crippen molar-refractivity contribution < 1.29 is 0 Å². The van der Waals surface area contributed by atoms with E-state index >= 15 is 0 Å². The van der Waals surface area contributed by atoms with Gasteiger partial charge in [0.05, 0.1) is 0 Å². The molecule has 14 heavy (non-hydrogen) atoms. The molecule has 0 saturated carbocycles. The Bertz CT molecular complexity index is 261. The zero-order valence-electron chi connectivity index (χ0n) is 9.75. The summed E-state index contributed by atoms with van der Waals surface area (Å²) >= 11 is 0. The van der Waals surface area contributed by atoms with Crippen molar-refractivity contribution in [1.82, 2.24) is 0 Å². The Morgan fingerprint density at radius 3 is 2.14 bits per heavy atom. The van der Waals surface area contributed by atoms with Gasteiger partial charge in [0, 0.05) is 19.8 Å². The van der Waals surface area contributed by atoms with E-state index < -0.39 is 0 Å². The molecule has 1 atom stereocenters. The molecule has 0 aliphatic heterocycles. The first kappa shape index (κ1) is 11.1. The SMILES string of the molecule is CCC(C)Cc1ccc(N(C)C)cc1. The summed E-state index contributed by atoms with van der Waals surface area (Å²) in [4.78, 5) is 2.13. The van der Waals surface area contributed by atoms with E-state index in [-0.39, 0.29) is 0 Å². The van der Waals surface area contributed by atoms with E-state index in [9.17, 15) is 0 Å². The van der Waals surface area contributed by atoms with Crippen molar-refractivity contribution in [3.63, 3.8) is 0 Å². The quantitative estimate of drug-likeness (QED) is 0.705. The van der Waals surface area contributed by atoms with E-state index in [1.54, 1.807) is 0 Å². The highest BCUT2D eigenvalue weighted by atomic mass is 15.1. The highest BCUT2D eigenvalue weighted by molar-refractivity contribution is 5.46. The molecule has 1 unspecified atom stereocenters. The summed E-state index contributed by atoms with van der Waals surface area (Å²) in [6.07, 6.45) is 2.46. The van der Waals surface area contributed by atoms with Crippen LogP contribution in [-0.4, -0.2) is 14.1 Å². The molecule has 78 valence electrons. The van der Waals surface area contributed by atoms with Crippen LogP contribution in [0.4, 0.5) is 5.69 Å². The lowest BCUT2D eigenvalue weighted by molar-refractivity contribution is 0.560. The number of rotatable bonds is 4. The summed E-state index contributed by atoms with van der Waals surface area (Å²) in [5, 5.41) is 0. The van der Waals surface area contributed by atoms with Gasteiger partial charge in [0.25, 0.3) is 0 Å². The van der Waals surface area contributed by atoms with Gasteiger partial charge in [-0.25, -0.2) is 0 Å². The van der Waals surface area contributed by atoms with Crippen molar-refractivity contribution in [1.29, 1.82) is 0 Å². The standard InChI is InChI=1S/C13H21N/c1-5-11(2)10-12-6-8-13(9-7-12)14(3)4/h6-9,11H,5,10H2,1-4H3. The molecule has 1 heteroatoms. The van der Waals surface area contributed by atoms with Gasteiger partial charge >= 0.3 is 0 Å². The zero-order valence-corrected chi connectivity index (χ0v) is 9.75. The molecule has 1 aromatic carbocycles. The largest absolute Gasteiger partial charge is 0.378 e. The Labute approximate surface area is 87.7 Å². The predicted molar refractivity (Wildman–Crippen MR) is 63.9 cm³/mol. The second-order valence-corrected chi connectivity index (χ2v) is 4.28. The van der Waals surface area contributed by atoms with Crippen LogP contribution in [0.15, 0.2) is 24.3 Å². The molecular weight excluding hydrogens is 170 g/mol. The molecule has 1 aromatic rings. The van der Waals surface area contributed by atoms with Gasteiger partial charge in [-0.1, -0.05) is 32.4 Å². The minimum Gasteiger partial charge on any atom is -0.378 e. The Balaban J connectivity index is 2.64. The molecule has 0 spiro atoms. The maximum Gasteiger partial charge on any atom is 0.0361 e. The Morgan fingerprint density at radius 2 is 1.71 bits per heavy atom. The summed E-state index contributed by atoms with van der Waals surface area (Å²) in [6, 6.07) is 8.86. The van der Waals surface area contributed by atoms with Gasteiger partial charge in [-0.3, -0.25) is 0 Å². The van der Waals surface area contributed by atoms with E-state index in [1.807, 2.05) is 0 Å². The second kappa shape index (κ2) is 5.04. The molecule has 1 rings (SSSR count). The van der Waals surface area contributed by atoms with Crippen molar-refractivity contribution in [2.24, 2.45) is 5.92 Å². The second-order valence-electron chi connectivity index (χ2n) is 4.28. The molecule has 0 aromatic heterocycles. The lowest BCUT2D eigenvalue weighted by Crippen LogP contribution is -2.08. The molecule has 0 heterocycles. The van der Waals surface area contributed by atoms with Gasteiger partial charge in [-0.2, -0.15) is 0 Å². The van der Waals surface area contributed by atoms with E-state index in [0.29, 0.717) is 0 Å². The number of anilines is 1. The van der Waals surface area contributed by atoms with Crippen LogP contribution in [0.5, 0.6) is 0 Å². The maximum absolute atomic E-state index is 2.31. The fourth-order valence-electron chi connectivity index (χ4n) is 1.48. The normalized spacial score (nSPS) is 12.6. The topological polar surface area (TPSA) is 3.24 Å². The van der Waals surface area contributed by atoms with Crippen LogP contribution in [0, 0.1) is 5.92 Å². The Kier molecular flexibility index (Phi) is 3.99. The van der Waals surface area contributed by atoms with Crippen molar-refractivity contribution >= 4 is 5.69 Å². The third-order valence-corrected chi connectivity index (χ3v) is 2.73. The van der Waals surface area contributed by atoms with Crippen molar-refractivity contribution in [3.05, 3.63) is 29.8 Å². The first-order chi connectivity index (χ1) is 6.63. The molecule has 0 bridgehead atoms. The van der Waals surface area contributed by atoms with E-state index in [2.05, 4.69) is 57.1 Å². The summed E-state index contributed by atoms with van der Waals surface area (Å²) in [5.74, 6) is 0.792. The third-order valence-electron chi connectivity index (χ3n) is 2.73. The number of hydrogen-bond donors (Lipinski definition) is 0. The van der Waals surface area contributed by atoms with Crippen LogP contribution in [0.1, 0.15) is 25.8 Å². The van der Waals surface area contributed by atoms with Crippen molar-refractivity contribution in [2.75, 3.05) is 19.0 Å². The fourth-order valence-corrected chi connectivity index (χ4v) is 1.48. The molecule has 0 amide bonds. The molecule has 0 fully saturated rings. The summed E-state index contributed by atoms with van der Waals surface area (Å²) in [5.41, 5.74) is 2.72. The van der Waals surface area contributed by atoms with Gasteiger partial charge in [-0.15, -0.1) is 0 Å². The monoisotopic (exact) mass is 191 g/mol. The molecule has 0 aliphatic carbocycles. The first-order valence-electron chi connectivity index (χ1n) is 5.39. The highest BCUT2D eigenvalue weighted by Gasteiger charge is 2.01. The average Bonchev–Trinajstić information content (AvgIpc) is 2.18. The summed E-state index contributed by atoms with van der Waals surface area (Å²) < 4.78 is 0. The van der Waals surface area contributed by atoms with Crippen LogP contribution in [-0.2, 0) is 6.42 Å². The van der Waals surface area contributed by atoms with Crippen LogP contribution in [0.25, 0.3) is 0 Å². The number of nitrogens with zero attached hydrogens (tertiary/aromatic N) is 1. The Hall–Kier alpha value is -0.980. The zero-order chi connectivity index (χ0) is 10.6. The molecule has 0 radical (unpaired) electrons. The van der Waals surface area contributed by atoms with E-state index in [0.717, 1.165) is 5.92 Å². The van der Waals surface area contributed by atoms with Gasteiger partial charge in [-0.05, 0) is 30.0 Å². The summed E-state index contributed by atoms with van der Waals surface area (Å²) in [6.45, 7) is 4.55. The van der Waals surface area contributed by atoms with Crippen molar-refractivity contribution in [3.8, 4) is 0 Å². The van der Waals surface area contributed by atoms with Crippen LogP contribution >= 0.6 is 0 Å². The smallest absolute Gasteiger partial charge is 0.0361 e. The minimum absolute atomic E-state index is 0.792. The molecule has 1 nitrogen and oxygen atoms in total. The molecule has 0 saturated heterocycles. The first-order valence-corrected chi connectivity index (χ1v) is 5.39.